The number of benzene rings is 1. The van der Waals surface area contributed by atoms with E-state index >= 15 is 0 Å². The Morgan fingerprint density at radius 1 is 1.21 bits per heavy atom. The number of ether oxygens (including phenoxy) is 2. The van der Waals surface area contributed by atoms with E-state index in [1.54, 1.807) is 0 Å². The molecule has 1 aromatic carbocycles. The first-order valence-electron chi connectivity index (χ1n) is 9.23. The van der Waals surface area contributed by atoms with Gasteiger partial charge in [0.25, 0.3) is 0 Å². The molecule has 3 nitrogen and oxygen atoms in total. The zero-order valence-electron chi connectivity index (χ0n) is 15.8. The third-order valence-corrected chi connectivity index (χ3v) is 10.1. The summed E-state index contributed by atoms with van der Waals surface area (Å²) < 4.78 is 18.0. The molecule has 1 heterocycles. The van der Waals surface area contributed by atoms with E-state index in [4.69, 9.17) is 13.9 Å². The lowest BCUT2D eigenvalue weighted by molar-refractivity contribution is 0.0263. The standard InChI is InChI=1S/C20H32O3Si/c1-20(2,3)24(4,5)23-12-16-8-6-7-9-18(16)19(15-10-11-15)22-14-17-13-21-17/h6-9,15,17,19H,10-14H2,1-5H3/t17-,19+/m1/s1. The van der Waals surface area contributed by atoms with E-state index in [9.17, 15) is 0 Å². The summed E-state index contributed by atoms with van der Waals surface area (Å²) in [5, 5.41) is 0.234. The van der Waals surface area contributed by atoms with Crippen molar-refractivity contribution in [3.05, 3.63) is 35.4 Å². The van der Waals surface area contributed by atoms with Crippen LogP contribution in [0, 0.1) is 5.92 Å². The second-order valence-corrected chi connectivity index (χ2v) is 13.6. The fourth-order valence-electron chi connectivity index (χ4n) is 2.67. The minimum absolute atomic E-state index is 0.202. The van der Waals surface area contributed by atoms with E-state index in [1.807, 2.05) is 0 Å². The van der Waals surface area contributed by atoms with Crippen molar-refractivity contribution >= 4 is 8.32 Å². The van der Waals surface area contributed by atoms with Crippen LogP contribution in [0.5, 0.6) is 0 Å². The molecule has 0 unspecified atom stereocenters. The number of hydrogen-bond donors (Lipinski definition) is 0. The molecule has 2 fully saturated rings. The van der Waals surface area contributed by atoms with Crippen molar-refractivity contribution in [1.82, 2.24) is 0 Å². The summed E-state index contributed by atoms with van der Waals surface area (Å²) in [7, 11) is -1.74. The van der Waals surface area contributed by atoms with Crippen molar-refractivity contribution in [2.45, 2.75) is 70.6 Å². The summed E-state index contributed by atoms with van der Waals surface area (Å²) >= 11 is 0. The first-order valence-corrected chi connectivity index (χ1v) is 12.1. The van der Waals surface area contributed by atoms with E-state index in [2.05, 4.69) is 58.1 Å². The molecule has 3 rings (SSSR count). The third-order valence-electron chi connectivity index (χ3n) is 5.67. The molecule has 2 atom stereocenters. The van der Waals surface area contributed by atoms with Gasteiger partial charge in [0.1, 0.15) is 6.10 Å². The number of epoxide rings is 1. The van der Waals surface area contributed by atoms with Crippen LogP contribution in [0.2, 0.25) is 18.1 Å². The largest absolute Gasteiger partial charge is 0.413 e. The monoisotopic (exact) mass is 348 g/mol. The fraction of sp³-hybridized carbons (Fsp3) is 0.700. The van der Waals surface area contributed by atoms with Crippen molar-refractivity contribution in [2.24, 2.45) is 5.92 Å². The van der Waals surface area contributed by atoms with Gasteiger partial charge >= 0.3 is 0 Å². The summed E-state index contributed by atoms with van der Waals surface area (Å²) in [6, 6.07) is 8.66. The molecule has 0 amide bonds. The first kappa shape index (κ1) is 18.1. The highest BCUT2D eigenvalue weighted by Gasteiger charge is 2.38. The van der Waals surface area contributed by atoms with E-state index < -0.39 is 8.32 Å². The van der Waals surface area contributed by atoms with Crippen molar-refractivity contribution in [1.29, 1.82) is 0 Å². The molecular weight excluding hydrogens is 316 g/mol. The Labute approximate surface area is 147 Å². The molecule has 4 heteroatoms. The molecule has 2 aliphatic rings. The van der Waals surface area contributed by atoms with Crippen LogP contribution in [-0.2, 0) is 20.5 Å². The smallest absolute Gasteiger partial charge is 0.192 e. The van der Waals surface area contributed by atoms with Crippen LogP contribution in [0.1, 0.15) is 50.8 Å². The van der Waals surface area contributed by atoms with Crippen molar-refractivity contribution in [3.63, 3.8) is 0 Å². The van der Waals surface area contributed by atoms with E-state index in [0.717, 1.165) is 13.2 Å². The molecule has 0 radical (unpaired) electrons. The van der Waals surface area contributed by atoms with Gasteiger partial charge in [0, 0.05) is 0 Å². The molecule has 1 aromatic rings. The molecule has 1 saturated carbocycles. The molecule has 0 N–H and O–H groups in total. The Hall–Kier alpha value is -0.683. The maximum absolute atomic E-state index is 6.47. The van der Waals surface area contributed by atoms with Gasteiger partial charge in [0.2, 0.25) is 0 Å². The van der Waals surface area contributed by atoms with Crippen molar-refractivity contribution in [2.75, 3.05) is 13.2 Å². The average Bonchev–Trinajstić information content (AvgIpc) is 3.39. The van der Waals surface area contributed by atoms with Gasteiger partial charge < -0.3 is 13.9 Å². The van der Waals surface area contributed by atoms with Gasteiger partial charge in [-0.3, -0.25) is 0 Å². The van der Waals surface area contributed by atoms with Gasteiger partial charge in [-0.15, -0.1) is 0 Å². The summed E-state index contributed by atoms with van der Waals surface area (Å²) in [6.07, 6.45) is 3.07. The normalized spacial score (nSPS) is 22.5. The summed E-state index contributed by atoms with van der Waals surface area (Å²) in [6.45, 7) is 13.8. The number of hydrogen-bond acceptors (Lipinski definition) is 3. The van der Waals surface area contributed by atoms with Gasteiger partial charge in [-0.1, -0.05) is 45.0 Å². The maximum atomic E-state index is 6.47. The average molecular weight is 349 g/mol. The Bertz CT molecular complexity index is 556. The molecule has 1 aliphatic heterocycles. The van der Waals surface area contributed by atoms with Crippen molar-refractivity contribution in [3.8, 4) is 0 Å². The molecule has 1 saturated heterocycles. The Balaban J connectivity index is 1.71. The van der Waals surface area contributed by atoms with Crippen molar-refractivity contribution < 1.29 is 13.9 Å². The van der Waals surface area contributed by atoms with E-state index in [0.29, 0.717) is 18.6 Å². The van der Waals surface area contributed by atoms with Crippen LogP contribution >= 0.6 is 0 Å². The van der Waals surface area contributed by atoms with Crippen LogP contribution < -0.4 is 0 Å². The molecule has 0 aromatic heterocycles. The van der Waals surface area contributed by atoms with Gasteiger partial charge in [0.05, 0.1) is 25.9 Å². The molecule has 134 valence electrons. The Morgan fingerprint density at radius 3 is 2.46 bits per heavy atom. The lowest BCUT2D eigenvalue weighted by Gasteiger charge is -2.36. The second kappa shape index (κ2) is 6.91. The highest BCUT2D eigenvalue weighted by atomic mass is 28.4. The molecule has 1 aliphatic carbocycles. The first-order chi connectivity index (χ1) is 11.3. The molecule has 24 heavy (non-hydrogen) atoms. The van der Waals surface area contributed by atoms with Gasteiger partial charge in [-0.05, 0) is 48.0 Å². The van der Waals surface area contributed by atoms with Crippen LogP contribution in [-0.4, -0.2) is 27.6 Å². The molecule has 0 spiro atoms. The van der Waals surface area contributed by atoms with Gasteiger partial charge in [-0.2, -0.15) is 0 Å². The fourth-order valence-corrected chi connectivity index (χ4v) is 3.62. The Kier molecular flexibility index (Phi) is 5.21. The van der Waals surface area contributed by atoms with E-state index in [1.165, 1.54) is 24.0 Å². The second-order valence-electron chi connectivity index (χ2n) is 8.79. The van der Waals surface area contributed by atoms with Crippen LogP contribution in [0.25, 0.3) is 0 Å². The lowest BCUT2D eigenvalue weighted by Crippen LogP contribution is -2.40. The zero-order valence-corrected chi connectivity index (χ0v) is 16.8. The van der Waals surface area contributed by atoms with Gasteiger partial charge in [0.15, 0.2) is 8.32 Å². The highest BCUT2D eigenvalue weighted by molar-refractivity contribution is 6.74. The maximum Gasteiger partial charge on any atom is 0.192 e. The van der Waals surface area contributed by atoms with Gasteiger partial charge in [-0.25, -0.2) is 0 Å². The summed E-state index contributed by atoms with van der Waals surface area (Å²) in [5.41, 5.74) is 2.61. The summed E-state index contributed by atoms with van der Waals surface area (Å²) in [4.78, 5) is 0. The van der Waals surface area contributed by atoms with Crippen LogP contribution in [0.15, 0.2) is 24.3 Å². The number of rotatable bonds is 8. The van der Waals surface area contributed by atoms with Crippen LogP contribution in [0.3, 0.4) is 0 Å². The third kappa shape index (κ3) is 4.48. The zero-order chi connectivity index (χ0) is 17.4. The van der Waals surface area contributed by atoms with E-state index in [-0.39, 0.29) is 11.1 Å². The predicted octanol–water partition coefficient (Wildman–Crippen LogP) is 5.07. The predicted molar refractivity (Wildman–Crippen MR) is 99.6 cm³/mol. The SMILES string of the molecule is CC(C)(C)[Si](C)(C)OCc1ccccc1[C@@H](OC[C@H]1CO1)C1CC1. The topological polar surface area (TPSA) is 31.0 Å². The minimum Gasteiger partial charge on any atom is -0.413 e. The quantitative estimate of drug-likeness (QED) is 0.485. The molecular formula is C20H32O3Si. The highest BCUT2D eigenvalue weighted by Crippen LogP contribution is 2.45. The van der Waals surface area contributed by atoms with Crippen LogP contribution in [0.4, 0.5) is 0 Å². The summed E-state index contributed by atoms with van der Waals surface area (Å²) in [5.74, 6) is 0.665. The minimum atomic E-state index is -1.74. The Morgan fingerprint density at radius 2 is 1.88 bits per heavy atom. The molecule has 0 bridgehead atoms. The lowest BCUT2D eigenvalue weighted by atomic mass is 9.99.